The van der Waals surface area contributed by atoms with E-state index in [4.69, 9.17) is 0 Å². The number of nitrogens with zero attached hydrogens (tertiary/aromatic N) is 1. The standard InChI is InChI=1S/C20H26N/c1-14(2)10-16-6-5-7-17(12-16)18-8-9-20(21(4)13-18)19-11-15(19)3/h5-9,12-15,19H,10-11H2,1-4H3/q+1. The maximum Gasteiger partial charge on any atom is 0.184 e. The third kappa shape index (κ3) is 3.18. The summed E-state index contributed by atoms with van der Waals surface area (Å²) in [5, 5.41) is 0. The molecule has 1 aromatic heterocycles. The Bertz CT molecular complexity index is 642. The van der Waals surface area contributed by atoms with E-state index >= 15 is 0 Å². The molecule has 21 heavy (non-hydrogen) atoms. The van der Waals surface area contributed by atoms with Crippen molar-refractivity contribution < 1.29 is 4.57 Å². The average Bonchev–Trinajstić information content (AvgIpc) is 3.15. The van der Waals surface area contributed by atoms with Crippen LogP contribution < -0.4 is 4.57 Å². The lowest BCUT2D eigenvalue weighted by Gasteiger charge is -2.08. The van der Waals surface area contributed by atoms with Crippen molar-refractivity contribution in [1.82, 2.24) is 0 Å². The van der Waals surface area contributed by atoms with Gasteiger partial charge < -0.3 is 0 Å². The number of hydrogen-bond acceptors (Lipinski definition) is 0. The van der Waals surface area contributed by atoms with Crippen molar-refractivity contribution >= 4 is 0 Å². The minimum Gasteiger partial charge on any atom is -0.204 e. The smallest absolute Gasteiger partial charge is 0.184 e. The maximum atomic E-state index is 2.34. The monoisotopic (exact) mass is 280 g/mol. The van der Waals surface area contributed by atoms with E-state index in [2.05, 4.69) is 75.0 Å². The second-order valence-corrected chi connectivity index (χ2v) is 7.07. The van der Waals surface area contributed by atoms with Crippen LogP contribution in [-0.4, -0.2) is 0 Å². The zero-order valence-electron chi connectivity index (χ0n) is 13.6. The van der Waals surface area contributed by atoms with Gasteiger partial charge in [0.25, 0.3) is 0 Å². The minimum absolute atomic E-state index is 0.704. The van der Waals surface area contributed by atoms with Crippen LogP contribution in [-0.2, 0) is 13.5 Å². The van der Waals surface area contributed by atoms with Crippen LogP contribution in [0.3, 0.4) is 0 Å². The molecule has 1 saturated carbocycles. The first-order valence-corrected chi connectivity index (χ1v) is 8.13. The van der Waals surface area contributed by atoms with Gasteiger partial charge in [0.1, 0.15) is 7.05 Å². The van der Waals surface area contributed by atoms with Gasteiger partial charge in [0.2, 0.25) is 0 Å². The Morgan fingerprint density at radius 3 is 2.52 bits per heavy atom. The summed E-state index contributed by atoms with van der Waals surface area (Å²) in [6.07, 6.45) is 4.78. The van der Waals surface area contributed by atoms with Gasteiger partial charge in [-0.05, 0) is 41.9 Å². The first kappa shape index (κ1) is 14.3. The molecule has 0 aliphatic heterocycles. The van der Waals surface area contributed by atoms with Gasteiger partial charge in [-0.3, -0.25) is 0 Å². The van der Waals surface area contributed by atoms with Gasteiger partial charge in [-0.15, -0.1) is 0 Å². The Morgan fingerprint density at radius 2 is 1.90 bits per heavy atom. The van der Waals surface area contributed by atoms with Crippen molar-refractivity contribution in [3.63, 3.8) is 0 Å². The summed E-state index contributed by atoms with van der Waals surface area (Å²) in [6.45, 7) is 6.89. The number of aromatic nitrogens is 1. The molecule has 2 unspecified atom stereocenters. The predicted molar refractivity (Wildman–Crippen MR) is 88.1 cm³/mol. The molecule has 1 aliphatic carbocycles. The highest BCUT2D eigenvalue weighted by Crippen LogP contribution is 2.45. The van der Waals surface area contributed by atoms with Crippen LogP contribution in [0.5, 0.6) is 0 Å². The quantitative estimate of drug-likeness (QED) is 0.726. The maximum absolute atomic E-state index is 2.34. The topological polar surface area (TPSA) is 3.88 Å². The Hall–Kier alpha value is -1.63. The highest BCUT2D eigenvalue weighted by Gasteiger charge is 2.39. The highest BCUT2D eigenvalue weighted by atomic mass is 14.9. The molecule has 2 atom stereocenters. The Balaban J connectivity index is 1.88. The third-order valence-corrected chi connectivity index (χ3v) is 4.57. The lowest BCUT2D eigenvalue weighted by atomic mass is 9.98. The van der Waals surface area contributed by atoms with Gasteiger partial charge in [-0.1, -0.05) is 45.0 Å². The zero-order chi connectivity index (χ0) is 15.0. The largest absolute Gasteiger partial charge is 0.204 e. The van der Waals surface area contributed by atoms with Gasteiger partial charge in [-0.25, -0.2) is 4.57 Å². The van der Waals surface area contributed by atoms with Crippen LogP contribution in [0, 0.1) is 11.8 Å². The summed E-state index contributed by atoms with van der Waals surface area (Å²) in [6, 6.07) is 13.6. The summed E-state index contributed by atoms with van der Waals surface area (Å²) >= 11 is 0. The molecule has 0 N–H and O–H groups in total. The van der Waals surface area contributed by atoms with E-state index in [0.717, 1.165) is 18.3 Å². The first-order valence-electron chi connectivity index (χ1n) is 8.13. The molecule has 1 nitrogen and oxygen atoms in total. The van der Waals surface area contributed by atoms with Crippen LogP contribution in [0.15, 0.2) is 42.6 Å². The van der Waals surface area contributed by atoms with Crippen molar-refractivity contribution in [2.75, 3.05) is 0 Å². The Morgan fingerprint density at radius 1 is 1.14 bits per heavy atom. The van der Waals surface area contributed by atoms with Crippen LogP contribution in [0.2, 0.25) is 0 Å². The van der Waals surface area contributed by atoms with E-state index < -0.39 is 0 Å². The third-order valence-electron chi connectivity index (χ3n) is 4.57. The van der Waals surface area contributed by atoms with Gasteiger partial charge in [0.05, 0.1) is 0 Å². The van der Waals surface area contributed by atoms with Crippen LogP contribution in [0.1, 0.15) is 44.4 Å². The molecule has 1 aliphatic rings. The molecule has 1 heteroatoms. The molecule has 0 spiro atoms. The molecule has 3 rings (SSSR count). The SMILES string of the molecule is CC(C)Cc1cccc(-c2ccc(C3CC3C)[n+](C)c2)c1. The molecule has 2 aromatic rings. The minimum atomic E-state index is 0.704. The Kier molecular flexibility index (Phi) is 3.84. The highest BCUT2D eigenvalue weighted by molar-refractivity contribution is 5.62. The molecule has 0 bridgehead atoms. The molecule has 1 aromatic carbocycles. The van der Waals surface area contributed by atoms with E-state index in [-0.39, 0.29) is 0 Å². The molecular weight excluding hydrogens is 254 g/mol. The predicted octanol–water partition coefficient (Wildman–Crippen LogP) is 4.50. The lowest BCUT2D eigenvalue weighted by molar-refractivity contribution is -0.679. The zero-order valence-corrected chi connectivity index (χ0v) is 13.6. The van der Waals surface area contributed by atoms with Crippen LogP contribution >= 0.6 is 0 Å². The van der Waals surface area contributed by atoms with Crippen molar-refractivity contribution in [3.05, 3.63) is 53.9 Å². The summed E-state index contributed by atoms with van der Waals surface area (Å²) in [7, 11) is 2.18. The van der Waals surface area contributed by atoms with E-state index in [0.29, 0.717) is 5.92 Å². The fraction of sp³-hybridized carbons (Fsp3) is 0.450. The number of hydrogen-bond donors (Lipinski definition) is 0. The number of benzene rings is 1. The summed E-state index contributed by atoms with van der Waals surface area (Å²) in [5.41, 5.74) is 5.56. The molecule has 110 valence electrons. The van der Waals surface area contributed by atoms with E-state index in [1.54, 1.807) is 0 Å². The van der Waals surface area contributed by atoms with Crippen molar-refractivity contribution in [2.45, 2.75) is 39.5 Å². The molecule has 0 saturated heterocycles. The number of rotatable bonds is 4. The second kappa shape index (κ2) is 5.63. The normalized spacial score (nSPS) is 20.8. The summed E-state index contributed by atoms with van der Waals surface area (Å²) in [4.78, 5) is 0. The second-order valence-electron chi connectivity index (χ2n) is 7.07. The molecule has 0 amide bonds. The van der Waals surface area contributed by atoms with Crippen LogP contribution in [0.25, 0.3) is 11.1 Å². The van der Waals surface area contributed by atoms with Gasteiger partial charge in [0, 0.05) is 17.5 Å². The average molecular weight is 280 g/mol. The molecule has 1 heterocycles. The van der Waals surface area contributed by atoms with Gasteiger partial charge in [-0.2, -0.15) is 0 Å². The fourth-order valence-corrected chi connectivity index (χ4v) is 3.26. The van der Waals surface area contributed by atoms with Crippen molar-refractivity contribution in [2.24, 2.45) is 18.9 Å². The van der Waals surface area contributed by atoms with E-state index in [9.17, 15) is 0 Å². The van der Waals surface area contributed by atoms with Gasteiger partial charge in [0.15, 0.2) is 11.9 Å². The van der Waals surface area contributed by atoms with Gasteiger partial charge >= 0.3 is 0 Å². The van der Waals surface area contributed by atoms with Crippen molar-refractivity contribution in [3.8, 4) is 11.1 Å². The summed E-state index contributed by atoms with van der Waals surface area (Å²) in [5.74, 6) is 2.34. The molecular formula is C20H26N+. The first-order chi connectivity index (χ1) is 10.0. The summed E-state index contributed by atoms with van der Waals surface area (Å²) < 4.78 is 2.32. The van der Waals surface area contributed by atoms with E-state index in [1.807, 2.05) is 0 Å². The number of aryl methyl sites for hydroxylation is 1. The molecule has 1 fully saturated rings. The van der Waals surface area contributed by atoms with E-state index in [1.165, 1.54) is 28.8 Å². The fourth-order valence-electron chi connectivity index (χ4n) is 3.26. The van der Waals surface area contributed by atoms with Crippen molar-refractivity contribution in [1.29, 1.82) is 0 Å². The lowest BCUT2D eigenvalue weighted by Crippen LogP contribution is -2.33. The Labute approximate surface area is 128 Å². The number of pyridine rings is 1. The van der Waals surface area contributed by atoms with Crippen LogP contribution in [0.4, 0.5) is 0 Å². The molecule has 0 radical (unpaired) electrons.